The van der Waals surface area contributed by atoms with Gasteiger partial charge in [-0.2, -0.15) is 0 Å². The lowest BCUT2D eigenvalue weighted by Crippen LogP contribution is -2.56. The summed E-state index contributed by atoms with van der Waals surface area (Å²) in [5.41, 5.74) is 3.44. The van der Waals surface area contributed by atoms with Gasteiger partial charge in [0, 0.05) is 62.9 Å². The summed E-state index contributed by atoms with van der Waals surface area (Å²) in [6.45, 7) is 17.7. The van der Waals surface area contributed by atoms with E-state index >= 15 is 0 Å². The lowest BCUT2D eigenvalue weighted by molar-refractivity contribution is -0.0168. The topological polar surface area (TPSA) is 164 Å². The van der Waals surface area contributed by atoms with Crippen molar-refractivity contribution in [2.75, 3.05) is 82.6 Å². The Kier molecular flexibility index (Phi) is 19.3. The van der Waals surface area contributed by atoms with Gasteiger partial charge in [-0.15, -0.1) is 13.2 Å². The number of carboxylic acids is 1. The van der Waals surface area contributed by atoms with Crippen LogP contribution in [0.15, 0.2) is 61.7 Å². The van der Waals surface area contributed by atoms with Gasteiger partial charge >= 0.3 is 5.97 Å². The number of aliphatic hydroxyl groups excluding tert-OH is 1. The average molecular weight is 959 g/mol. The fourth-order valence-electron chi connectivity index (χ4n) is 8.80. The van der Waals surface area contributed by atoms with Gasteiger partial charge in [-0.1, -0.05) is 59.3 Å². The number of nitrogens with zero attached hydrogens (tertiary/aromatic N) is 2. The van der Waals surface area contributed by atoms with E-state index in [1.807, 2.05) is 17.9 Å². The van der Waals surface area contributed by atoms with Crippen LogP contribution in [0.3, 0.4) is 0 Å². The molecular weight excluding hydrogens is 895 g/mol. The van der Waals surface area contributed by atoms with Crippen molar-refractivity contribution in [2.45, 2.75) is 68.3 Å². The summed E-state index contributed by atoms with van der Waals surface area (Å²) in [5, 5.41) is 28.5. The number of fused-ring (bicyclic) bond motifs is 4. The smallest absolute Gasteiger partial charge is 0.335 e. The first-order chi connectivity index (χ1) is 27.8. The monoisotopic (exact) mass is 958 g/mol. The van der Waals surface area contributed by atoms with E-state index in [9.17, 15) is 23.4 Å². The van der Waals surface area contributed by atoms with Crippen LogP contribution in [0.5, 0.6) is 5.75 Å². The van der Waals surface area contributed by atoms with Crippen molar-refractivity contribution in [3.8, 4) is 5.75 Å². The van der Waals surface area contributed by atoms with Crippen LogP contribution < -0.4 is 20.1 Å². The average Bonchev–Trinajstić information content (AvgIpc) is 3.36. The molecule has 2 aromatic carbocycles. The maximum atomic E-state index is 11.7. The minimum atomic E-state index is -3.52. The molecule has 12 nitrogen and oxygen atoms in total. The molecule has 7 rings (SSSR count). The number of morpholine rings is 1. The number of nitrogens with one attached hydrogen (secondary N) is 1. The Hall–Kier alpha value is -2.28. The Morgan fingerprint density at radius 2 is 1.98 bits per heavy atom. The van der Waals surface area contributed by atoms with Crippen molar-refractivity contribution in [1.82, 2.24) is 10.2 Å². The van der Waals surface area contributed by atoms with Gasteiger partial charge in [0.2, 0.25) is 10.0 Å². The number of ether oxygens (including phenoxy) is 3. The number of carboxylic acid groups (broad SMARTS) is 1. The molecule has 3 heterocycles. The molecule has 15 heteroatoms. The molecular formula is C43H64ClIN4O8S. The molecule has 3 fully saturated rings. The zero-order chi connectivity index (χ0) is 42.5. The van der Waals surface area contributed by atoms with Crippen LogP contribution in [0.2, 0.25) is 5.02 Å². The summed E-state index contributed by atoms with van der Waals surface area (Å²) in [4.78, 5) is 18.5. The molecule has 2 saturated heterocycles. The third kappa shape index (κ3) is 12.6. The number of allylic oxidation sites excluding steroid dienone is 1. The highest BCUT2D eigenvalue weighted by Crippen LogP contribution is 2.46. The molecule has 5 N–H and O–H groups in total. The third-order valence-electron chi connectivity index (χ3n) is 12.1. The van der Waals surface area contributed by atoms with E-state index in [4.69, 9.17) is 31.0 Å². The number of methoxy groups -OCH3 is 1. The van der Waals surface area contributed by atoms with Gasteiger partial charge in [0.25, 0.3) is 0 Å². The lowest BCUT2D eigenvalue weighted by atomic mass is 9.68. The Morgan fingerprint density at radius 3 is 2.62 bits per heavy atom. The van der Waals surface area contributed by atoms with E-state index in [0.29, 0.717) is 25.0 Å². The number of sulfonamides is 1. The number of primary sulfonamides is 1. The van der Waals surface area contributed by atoms with Crippen molar-refractivity contribution in [2.24, 2.45) is 22.9 Å². The quantitative estimate of drug-likeness (QED) is 0.120. The molecule has 3 aliphatic heterocycles. The maximum absolute atomic E-state index is 11.7. The van der Waals surface area contributed by atoms with Crippen molar-refractivity contribution in [3.63, 3.8) is 0 Å². The van der Waals surface area contributed by atoms with Crippen molar-refractivity contribution >= 4 is 55.9 Å². The molecule has 5 aliphatic rings. The van der Waals surface area contributed by atoms with Crippen molar-refractivity contribution in [1.29, 1.82) is 0 Å². The molecule has 2 aliphatic carbocycles. The second-order valence-electron chi connectivity index (χ2n) is 15.9. The molecule has 0 amide bonds. The molecule has 1 saturated carbocycles. The Balaban J connectivity index is 0.000000243. The fourth-order valence-corrected chi connectivity index (χ4v) is 10.1. The number of hydrogen-bond acceptors (Lipinski definition) is 10. The number of nitrogens with two attached hydrogens (primary N) is 1. The van der Waals surface area contributed by atoms with Gasteiger partial charge in [-0.25, -0.2) is 18.4 Å². The van der Waals surface area contributed by atoms with Crippen LogP contribution >= 0.6 is 34.2 Å². The van der Waals surface area contributed by atoms with E-state index in [2.05, 4.69) is 63.0 Å². The summed E-state index contributed by atoms with van der Waals surface area (Å²) in [7, 11) is -2.06. The molecule has 2 aromatic rings. The van der Waals surface area contributed by atoms with E-state index in [-0.39, 0.29) is 29.4 Å². The third-order valence-corrected chi connectivity index (χ3v) is 13.8. The predicted molar refractivity (Wildman–Crippen MR) is 241 cm³/mol. The standard InChI is InChI=1S/C27H30ClNO4.C8H17NO3S.C7H14N2O.CH3I/c1-2-24(30)21-8-5-19(21)14-29-15-27(11-3-4-17-12-20(28)7-9-22(17)27)16-33-25-10-6-18(26(31)32)13-23(25)29;1-4-5-7(2)8(6-12-3)13(9,10)11;1-2-9-3-4-10-6-7(9)5-8-1;1-2/h2,6-7,9-10,12-13,19,21,24,30H,1,3-5,8,11,14-16H2,(H,31,32);4,7-8H,1,5-6H2,2-3H3,(H2,9,10,11);7-8H,1-6H2;1H3/t19-,21+,24-,27-;7-,8+;7-;/m000./s1. The molecule has 1 spiro atoms. The van der Waals surface area contributed by atoms with Gasteiger partial charge < -0.3 is 34.6 Å². The van der Waals surface area contributed by atoms with Crippen LogP contribution in [-0.2, 0) is 31.3 Å². The van der Waals surface area contributed by atoms with E-state index in [1.54, 1.807) is 30.4 Å². The van der Waals surface area contributed by atoms with Crippen molar-refractivity contribution in [3.05, 3.63) is 83.4 Å². The number of aryl methyl sites for hydroxylation is 1. The molecule has 0 bridgehead atoms. The Bertz CT molecular complexity index is 1750. The number of rotatable bonds is 11. The van der Waals surface area contributed by atoms with Crippen molar-refractivity contribution < 1.29 is 37.6 Å². The first-order valence-electron chi connectivity index (χ1n) is 20.2. The summed E-state index contributed by atoms with van der Waals surface area (Å²) in [6.07, 6.45) is 8.50. The number of hydrogen-bond donors (Lipinski definition) is 4. The Labute approximate surface area is 364 Å². The van der Waals surface area contributed by atoms with Crippen LogP contribution in [0, 0.1) is 17.8 Å². The zero-order valence-corrected chi connectivity index (χ0v) is 38.0. The first-order valence-corrected chi connectivity index (χ1v) is 24.3. The van der Waals surface area contributed by atoms with Crippen LogP contribution in [0.1, 0.15) is 60.5 Å². The van der Waals surface area contributed by atoms with Gasteiger partial charge in [0.05, 0.1) is 43.8 Å². The second-order valence-corrected chi connectivity index (χ2v) is 18.1. The Morgan fingerprint density at radius 1 is 1.21 bits per heavy atom. The molecule has 0 unspecified atom stereocenters. The number of anilines is 1. The number of alkyl halides is 1. The van der Waals surface area contributed by atoms with Gasteiger partial charge in [-0.05, 0) is 103 Å². The molecule has 58 heavy (non-hydrogen) atoms. The predicted octanol–water partition coefficient (Wildman–Crippen LogP) is 5.93. The maximum Gasteiger partial charge on any atom is 0.335 e. The first kappa shape index (κ1) is 48.4. The fraction of sp³-hybridized carbons (Fsp3) is 0.605. The molecule has 0 aromatic heterocycles. The highest BCUT2D eigenvalue weighted by Gasteiger charge is 2.44. The summed E-state index contributed by atoms with van der Waals surface area (Å²) >= 11 is 8.46. The van der Waals surface area contributed by atoms with Crippen LogP contribution in [0.4, 0.5) is 5.69 Å². The zero-order valence-electron chi connectivity index (χ0n) is 34.3. The van der Waals surface area contributed by atoms with Crippen LogP contribution in [0.25, 0.3) is 0 Å². The summed E-state index contributed by atoms with van der Waals surface area (Å²) in [5.74, 6) is 0.220. The second kappa shape index (κ2) is 23.1. The van der Waals surface area contributed by atoms with E-state index < -0.39 is 27.3 Å². The normalized spacial score (nSPS) is 25.2. The molecule has 7 atom stereocenters. The number of carbonyl (C=O) groups is 1. The minimum absolute atomic E-state index is 0.0625. The lowest BCUT2D eigenvalue weighted by Gasteiger charge is -2.45. The highest BCUT2D eigenvalue weighted by molar-refractivity contribution is 14.1. The largest absolute Gasteiger partial charge is 0.490 e. The number of benzene rings is 2. The highest BCUT2D eigenvalue weighted by atomic mass is 127. The minimum Gasteiger partial charge on any atom is -0.490 e. The van der Waals surface area contributed by atoms with E-state index in [0.717, 1.165) is 94.5 Å². The number of halogens is 2. The SMILES string of the molecule is C1CN2CCOC[C@@H]2CN1.C=CC[C@H](C)[C@@H](COC)S(N)(=O)=O.C=C[C@H](O)[C@@H]1CC[C@H]1CN1C[C@@]2(CCCc3cc(Cl)ccc32)COc2ccc(C(=O)O)cc21.CI. The molecule has 0 radical (unpaired) electrons. The van der Waals surface area contributed by atoms with Crippen LogP contribution in [-0.4, -0.2) is 125 Å². The van der Waals surface area contributed by atoms with Gasteiger partial charge in [0.15, 0.2) is 0 Å². The summed E-state index contributed by atoms with van der Waals surface area (Å²) < 4.78 is 38.8. The van der Waals surface area contributed by atoms with Gasteiger partial charge in [-0.3, -0.25) is 4.90 Å². The number of aromatic carboxylic acids is 1. The number of aliphatic hydroxyl groups is 1. The van der Waals surface area contributed by atoms with Gasteiger partial charge in [0.1, 0.15) is 11.0 Å². The summed E-state index contributed by atoms with van der Waals surface area (Å²) in [6, 6.07) is 12.0. The number of piperazine rings is 1. The van der Waals surface area contributed by atoms with E-state index in [1.165, 1.54) is 24.8 Å². The molecule has 324 valence electrons.